The van der Waals surface area contributed by atoms with E-state index in [0.717, 1.165) is 22.9 Å². The maximum absolute atomic E-state index is 15.0. The maximum atomic E-state index is 15.0. The normalized spacial score (nSPS) is 11.5. The number of rotatable bonds is 7. The fourth-order valence-electron chi connectivity index (χ4n) is 5.45. The van der Waals surface area contributed by atoms with Crippen LogP contribution < -0.4 is 0 Å². The molecular formula is C35H23F2N5O. The van der Waals surface area contributed by atoms with Crippen LogP contribution in [0.15, 0.2) is 145 Å². The maximum Gasteiger partial charge on any atom is 0.258 e. The van der Waals surface area contributed by atoms with Crippen molar-refractivity contribution in [3.8, 4) is 34.2 Å². The molecule has 208 valence electrons. The van der Waals surface area contributed by atoms with Crippen LogP contribution in [0.5, 0.6) is 0 Å². The second kappa shape index (κ2) is 10.9. The van der Waals surface area contributed by atoms with E-state index < -0.39 is 17.2 Å². The molecule has 7 rings (SSSR count). The first-order valence-corrected chi connectivity index (χ1v) is 13.6. The van der Waals surface area contributed by atoms with Crippen molar-refractivity contribution in [2.75, 3.05) is 0 Å². The number of hydrogen-bond donors (Lipinski definition) is 0. The van der Waals surface area contributed by atoms with E-state index in [-0.39, 0.29) is 11.7 Å². The molecule has 0 saturated heterocycles. The van der Waals surface area contributed by atoms with Gasteiger partial charge in [-0.2, -0.15) is 4.98 Å². The van der Waals surface area contributed by atoms with Crippen LogP contribution in [0.2, 0.25) is 0 Å². The molecule has 0 spiro atoms. The van der Waals surface area contributed by atoms with E-state index in [4.69, 9.17) is 9.51 Å². The van der Waals surface area contributed by atoms with Crippen LogP contribution in [0.3, 0.4) is 0 Å². The SMILES string of the molecule is Fc1ccc(-c2noc(-c3cc(F)cc(-c4cn(C(c5ccccc5)(c5ccccc5)c5ccccc5)cn4)c3)n2)nc1. The molecule has 0 bridgehead atoms. The third-order valence-corrected chi connectivity index (χ3v) is 7.37. The molecule has 3 aromatic heterocycles. The summed E-state index contributed by atoms with van der Waals surface area (Å²) in [5.74, 6) is -0.684. The van der Waals surface area contributed by atoms with Gasteiger partial charge in [-0.05, 0) is 47.0 Å². The van der Waals surface area contributed by atoms with Gasteiger partial charge in [0.25, 0.3) is 5.89 Å². The van der Waals surface area contributed by atoms with E-state index in [1.807, 2.05) is 60.8 Å². The summed E-state index contributed by atoms with van der Waals surface area (Å²) < 4.78 is 35.8. The first kappa shape index (κ1) is 26.2. The Labute approximate surface area is 246 Å². The summed E-state index contributed by atoms with van der Waals surface area (Å²) in [6, 6.07) is 37.9. The third-order valence-electron chi connectivity index (χ3n) is 7.37. The van der Waals surface area contributed by atoms with E-state index in [9.17, 15) is 4.39 Å². The summed E-state index contributed by atoms with van der Waals surface area (Å²) in [4.78, 5) is 13.1. The van der Waals surface area contributed by atoms with Gasteiger partial charge in [0.05, 0.1) is 18.2 Å². The molecule has 3 heterocycles. The summed E-state index contributed by atoms with van der Waals surface area (Å²) in [5.41, 5.74) is 4.20. The standard InChI is InChI=1S/C35H23F2N5O/c36-29-16-17-31(38-21-29)33-40-34(43-41-33)25-18-24(19-30(37)20-25)32-22-42(23-39-32)35(26-10-4-1-5-11-26,27-12-6-2-7-13-27)28-14-8-3-9-15-28/h1-23H. The first-order valence-electron chi connectivity index (χ1n) is 13.6. The quantitative estimate of drug-likeness (QED) is 0.184. The topological polar surface area (TPSA) is 69.6 Å². The highest BCUT2D eigenvalue weighted by atomic mass is 19.1. The zero-order valence-electron chi connectivity index (χ0n) is 22.7. The average Bonchev–Trinajstić information content (AvgIpc) is 3.75. The summed E-state index contributed by atoms with van der Waals surface area (Å²) in [5, 5.41) is 3.95. The van der Waals surface area contributed by atoms with Crippen molar-refractivity contribution in [3.05, 3.63) is 168 Å². The van der Waals surface area contributed by atoms with E-state index >= 15 is 4.39 Å². The second-order valence-electron chi connectivity index (χ2n) is 9.99. The zero-order valence-corrected chi connectivity index (χ0v) is 22.7. The predicted molar refractivity (Wildman–Crippen MR) is 159 cm³/mol. The van der Waals surface area contributed by atoms with Gasteiger partial charge >= 0.3 is 0 Å². The lowest BCUT2D eigenvalue weighted by Crippen LogP contribution is -2.36. The Balaban J connectivity index is 1.35. The minimum atomic E-state index is -0.755. The number of nitrogens with zero attached hydrogens (tertiary/aromatic N) is 5. The third kappa shape index (κ3) is 4.78. The number of benzene rings is 4. The molecule has 6 nitrogen and oxygen atoms in total. The predicted octanol–water partition coefficient (Wildman–Crippen LogP) is 7.78. The summed E-state index contributed by atoms with van der Waals surface area (Å²) in [7, 11) is 0. The lowest BCUT2D eigenvalue weighted by Gasteiger charge is -2.37. The van der Waals surface area contributed by atoms with Gasteiger partial charge in [0.15, 0.2) is 0 Å². The lowest BCUT2D eigenvalue weighted by atomic mass is 9.77. The van der Waals surface area contributed by atoms with Crippen LogP contribution in [0.4, 0.5) is 8.78 Å². The highest BCUT2D eigenvalue weighted by Gasteiger charge is 2.38. The fourth-order valence-corrected chi connectivity index (χ4v) is 5.45. The van der Waals surface area contributed by atoms with Gasteiger partial charge in [0.2, 0.25) is 5.82 Å². The average molecular weight is 568 g/mol. The molecule has 7 aromatic rings. The molecule has 0 amide bonds. The Morgan fingerprint density at radius 2 is 1.21 bits per heavy atom. The van der Waals surface area contributed by atoms with Crippen molar-refractivity contribution in [2.24, 2.45) is 0 Å². The molecule has 0 N–H and O–H groups in total. The molecule has 0 aliphatic heterocycles. The fraction of sp³-hybridized carbons (Fsp3) is 0.0286. The van der Waals surface area contributed by atoms with Gasteiger partial charge in [-0.15, -0.1) is 0 Å². The van der Waals surface area contributed by atoms with E-state index in [1.165, 1.54) is 24.3 Å². The molecule has 0 aliphatic rings. The van der Waals surface area contributed by atoms with Crippen LogP contribution in [0.25, 0.3) is 34.2 Å². The summed E-state index contributed by atoms with van der Waals surface area (Å²) in [6.45, 7) is 0. The first-order chi connectivity index (χ1) is 21.1. The molecule has 0 radical (unpaired) electrons. The van der Waals surface area contributed by atoms with E-state index in [2.05, 4.69) is 56.1 Å². The largest absolute Gasteiger partial charge is 0.334 e. The minimum Gasteiger partial charge on any atom is -0.334 e. The smallest absolute Gasteiger partial charge is 0.258 e. The van der Waals surface area contributed by atoms with Gasteiger partial charge in [-0.1, -0.05) is 96.2 Å². The van der Waals surface area contributed by atoms with E-state index in [0.29, 0.717) is 22.5 Å². The monoisotopic (exact) mass is 567 g/mol. The van der Waals surface area contributed by atoms with Gasteiger partial charge in [0.1, 0.15) is 22.9 Å². The van der Waals surface area contributed by atoms with Crippen molar-refractivity contribution in [1.29, 1.82) is 0 Å². The molecule has 0 saturated carbocycles. The highest BCUT2D eigenvalue weighted by molar-refractivity contribution is 5.68. The van der Waals surface area contributed by atoms with Crippen LogP contribution in [-0.4, -0.2) is 24.7 Å². The Morgan fingerprint density at radius 1 is 0.605 bits per heavy atom. The van der Waals surface area contributed by atoms with Crippen molar-refractivity contribution in [1.82, 2.24) is 24.7 Å². The van der Waals surface area contributed by atoms with Crippen LogP contribution >= 0.6 is 0 Å². The summed E-state index contributed by atoms with van der Waals surface area (Å²) >= 11 is 0. The summed E-state index contributed by atoms with van der Waals surface area (Å²) in [6.07, 6.45) is 4.77. The Kier molecular flexibility index (Phi) is 6.63. The second-order valence-corrected chi connectivity index (χ2v) is 9.99. The molecule has 0 unspecified atom stereocenters. The van der Waals surface area contributed by atoms with E-state index in [1.54, 1.807) is 12.4 Å². The number of pyridine rings is 1. The van der Waals surface area contributed by atoms with Crippen LogP contribution in [-0.2, 0) is 5.54 Å². The lowest BCUT2D eigenvalue weighted by molar-refractivity contribution is 0.432. The van der Waals surface area contributed by atoms with Crippen molar-refractivity contribution in [2.45, 2.75) is 5.54 Å². The molecule has 8 heteroatoms. The van der Waals surface area contributed by atoms with Gasteiger partial charge in [-0.3, -0.25) is 0 Å². The highest BCUT2D eigenvalue weighted by Crippen LogP contribution is 2.41. The van der Waals surface area contributed by atoms with Gasteiger partial charge in [0, 0.05) is 17.3 Å². The van der Waals surface area contributed by atoms with Crippen LogP contribution in [0.1, 0.15) is 16.7 Å². The van der Waals surface area contributed by atoms with Crippen molar-refractivity contribution < 1.29 is 13.3 Å². The molecule has 0 fully saturated rings. The number of hydrogen-bond acceptors (Lipinski definition) is 5. The molecule has 43 heavy (non-hydrogen) atoms. The van der Waals surface area contributed by atoms with Crippen molar-refractivity contribution in [3.63, 3.8) is 0 Å². The zero-order chi connectivity index (χ0) is 29.2. The molecular weight excluding hydrogens is 544 g/mol. The Morgan fingerprint density at radius 3 is 1.79 bits per heavy atom. The Hall–Kier alpha value is -5.76. The van der Waals surface area contributed by atoms with Gasteiger partial charge < -0.3 is 9.09 Å². The number of aromatic nitrogens is 5. The number of halogens is 2. The number of imidazole rings is 1. The van der Waals surface area contributed by atoms with Gasteiger partial charge in [-0.25, -0.2) is 18.7 Å². The Bertz CT molecular complexity index is 1890. The molecule has 0 atom stereocenters. The molecule has 4 aromatic carbocycles. The molecule has 0 aliphatic carbocycles. The minimum absolute atomic E-state index is 0.105. The van der Waals surface area contributed by atoms with Crippen LogP contribution in [0, 0.1) is 11.6 Å². The van der Waals surface area contributed by atoms with Crippen molar-refractivity contribution >= 4 is 0 Å².